The van der Waals surface area contributed by atoms with Crippen LogP contribution in [0.15, 0.2) is 24.3 Å². The Morgan fingerprint density at radius 2 is 2.06 bits per heavy atom. The van der Waals surface area contributed by atoms with Crippen LogP contribution in [0.1, 0.15) is 25.3 Å². The minimum absolute atomic E-state index is 0.0261. The lowest BCUT2D eigenvalue weighted by Gasteiger charge is -2.39. The molecule has 1 atom stereocenters. The van der Waals surface area contributed by atoms with Crippen molar-refractivity contribution in [1.82, 2.24) is 4.90 Å². The average Bonchev–Trinajstić information content (AvgIpc) is 2.32. The molecule has 3 heteroatoms. The summed E-state index contributed by atoms with van der Waals surface area (Å²) in [5, 5.41) is 9.39. The third kappa shape index (κ3) is 3.27. The van der Waals surface area contributed by atoms with Gasteiger partial charge in [0, 0.05) is 25.1 Å². The number of halogens is 1. The van der Waals surface area contributed by atoms with E-state index in [9.17, 15) is 9.50 Å². The molecule has 0 spiro atoms. The van der Waals surface area contributed by atoms with Gasteiger partial charge >= 0.3 is 0 Å². The molecule has 0 amide bonds. The van der Waals surface area contributed by atoms with Gasteiger partial charge in [0.1, 0.15) is 5.82 Å². The number of hydrogen-bond acceptors (Lipinski definition) is 2. The van der Waals surface area contributed by atoms with Gasteiger partial charge in [-0.15, -0.1) is 0 Å². The Kier molecular flexibility index (Phi) is 3.79. The first-order valence-electron chi connectivity index (χ1n) is 6.19. The van der Waals surface area contributed by atoms with Crippen molar-refractivity contribution in [3.8, 4) is 0 Å². The maximum Gasteiger partial charge on any atom is 0.123 e. The molecule has 1 aliphatic heterocycles. The number of benzene rings is 1. The third-order valence-corrected chi connectivity index (χ3v) is 3.56. The first-order chi connectivity index (χ1) is 8.11. The predicted molar refractivity (Wildman–Crippen MR) is 66.1 cm³/mol. The fraction of sp³-hybridized carbons (Fsp3) is 0.571. The largest absolute Gasteiger partial charge is 0.396 e. The summed E-state index contributed by atoms with van der Waals surface area (Å²) in [5.74, 6) is -0.187. The second-order valence-corrected chi connectivity index (χ2v) is 5.41. The second-order valence-electron chi connectivity index (χ2n) is 5.41. The van der Waals surface area contributed by atoms with Crippen LogP contribution in [0, 0.1) is 11.2 Å². The normalized spacial score (nSPS) is 26.1. The van der Waals surface area contributed by atoms with Crippen molar-refractivity contribution >= 4 is 0 Å². The van der Waals surface area contributed by atoms with Crippen molar-refractivity contribution in [3.63, 3.8) is 0 Å². The first-order valence-corrected chi connectivity index (χ1v) is 6.19. The van der Waals surface area contributed by atoms with Crippen LogP contribution in [0.4, 0.5) is 4.39 Å². The lowest BCUT2D eigenvalue weighted by molar-refractivity contribution is 0.0429. The number of aliphatic hydroxyl groups is 1. The molecule has 1 fully saturated rings. The summed E-state index contributed by atoms with van der Waals surface area (Å²) in [7, 11) is 0. The van der Waals surface area contributed by atoms with E-state index in [1.165, 1.54) is 12.1 Å². The predicted octanol–water partition coefficient (Wildman–Crippen LogP) is 2.42. The number of likely N-dealkylation sites (tertiary alicyclic amines) is 1. The molecule has 0 aliphatic carbocycles. The van der Waals surface area contributed by atoms with Gasteiger partial charge < -0.3 is 5.11 Å². The van der Waals surface area contributed by atoms with Crippen LogP contribution in [0.3, 0.4) is 0 Å². The van der Waals surface area contributed by atoms with Gasteiger partial charge in [-0.3, -0.25) is 4.90 Å². The first kappa shape index (κ1) is 12.5. The summed E-state index contributed by atoms with van der Waals surface area (Å²) >= 11 is 0. The molecule has 2 rings (SSSR count). The molecule has 0 bridgehead atoms. The Morgan fingerprint density at radius 1 is 1.35 bits per heavy atom. The standard InChI is InChI=1S/C14H20FNO/c1-14(11-17)7-2-8-16(10-14)9-12-3-5-13(15)6-4-12/h3-6,17H,2,7-11H2,1H3. The molecule has 1 N–H and O–H groups in total. The van der Waals surface area contributed by atoms with Gasteiger partial charge in [0.25, 0.3) is 0 Å². The van der Waals surface area contributed by atoms with Gasteiger partial charge in [0.15, 0.2) is 0 Å². The molecule has 2 nitrogen and oxygen atoms in total. The van der Waals surface area contributed by atoms with Crippen molar-refractivity contribution in [2.75, 3.05) is 19.7 Å². The number of nitrogens with zero attached hydrogens (tertiary/aromatic N) is 1. The van der Waals surface area contributed by atoms with Gasteiger partial charge in [0.2, 0.25) is 0 Å². The maximum absolute atomic E-state index is 12.8. The summed E-state index contributed by atoms with van der Waals surface area (Å²) in [4.78, 5) is 2.34. The van der Waals surface area contributed by atoms with Gasteiger partial charge in [-0.05, 0) is 37.1 Å². The molecule has 1 unspecified atom stereocenters. The molecule has 1 aliphatic rings. The van der Waals surface area contributed by atoms with Crippen LogP contribution in [-0.2, 0) is 6.54 Å². The fourth-order valence-corrected chi connectivity index (χ4v) is 2.54. The minimum atomic E-state index is -0.187. The van der Waals surface area contributed by atoms with Gasteiger partial charge in [-0.25, -0.2) is 4.39 Å². The molecule has 1 aromatic carbocycles. The van der Waals surface area contributed by atoms with Gasteiger partial charge in [0.05, 0.1) is 0 Å². The van der Waals surface area contributed by atoms with E-state index in [2.05, 4.69) is 11.8 Å². The topological polar surface area (TPSA) is 23.5 Å². The summed E-state index contributed by atoms with van der Waals surface area (Å²) in [6, 6.07) is 6.68. The van der Waals surface area contributed by atoms with Gasteiger partial charge in [-0.1, -0.05) is 19.1 Å². The Morgan fingerprint density at radius 3 is 2.71 bits per heavy atom. The van der Waals surface area contributed by atoms with Crippen LogP contribution in [0.5, 0.6) is 0 Å². The Labute approximate surface area is 102 Å². The zero-order valence-corrected chi connectivity index (χ0v) is 10.3. The Hall–Kier alpha value is -0.930. The molecule has 0 aromatic heterocycles. The van der Waals surface area contributed by atoms with E-state index in [4.69, 9.17) is 0 Å². The van der Waals surface area contributed by atoms with Crippen molar-refractivity contribution in [1.29, 1.82) is 0 Å². The highest BCUT2D eigenvalue weighted by Gasteiger charge is 2.30. The molecule has 1 saturated heterocycles. The van der Waals surface area contributed by atoms with Crippen LogP contribution in [0.2, 0.25) is 0 Å². The maximum atomic E-state index is 12.8. The average molecular weight is 237 g/mol. The molecule has 94 valence electrons. The van der Waals surface area contributed by atoms with Crippen molar-refractivity contribution in [2.45, 2.75) is 26.3 Å². The summed E-state index contributed by atoms with van der Waals surface area (Å²) in [6.07, 6.45) is 2.21. The van der Waals surface area contributed by atoms with E-state index in [-0.39, 0.29) is 17.8 Å². The molecule has 1 aromatic rings. The Bertz CT molecular complexity index is 365. The van der Waals surface area contributed by atoms with E-state index < -0.39 is 0 Å². The molecule has 1 heterocycles. The number of aliphatic hydroxyl groups excluding tert-OH is 1. The van der Waals surface area contributed by atoms with E-state index >= 15 is 0 Å². The molecular weight excluding hydrogens is 217 g/mol. The summed E-state index contributed by atoms with van der Waals surface area (Å²) < 4.78 is 12.8. The highest BCUT2D eigenvalue weighted by Crippen LogP contribution is 2.29. The van der Waals surface area contributed by atoms with E-state index in [1.54, 1.807) is 0 Å². The molecular formula is C14H20FNO. The minimum Gasteiger partial charge on any atom is -0.396 e. The van der Waals surface area contributed by atoms with Crippen molar-refractivity contribution < 1.29 is 9.50 Å². The highest BCUT2D eigenvalue weighted by molar-refractivity contribution is 5.16. The highest BCUT2D eigenvalue weighted by atomic mass is 19.1. The lowest BCUT2D eigenvalue weighted by Crippen LogP contribution is -2.43. The lowest BCUT2D eigenvalue weighted by atomic mass is 9.82. The quantitative estimate of drug-likeness (QED) is 0.872. The van der Waals surface area contributed by atoms with Crippen LogP contribution < -0.4 is 0 Å². The monoisotopic (exact) mass is 237 g/mol. The number of piperidine rings is 1. The number of hydrogen-bond donors (Lipinski definition) is 1. The molecule has 0 radical (unpaired) electrons. The zero-order valence-electron chi connectivity index (χ0n) is 10.3. The van der Waals surface area contributed by atoms with E-state index in [0.29, 0.717) is 0 Å². The SMILES string of the molecule is CC1(CO)CCCN(Cc2ccc(F)cc2)C1. The zero-order chi connectivity index (χ0) is 12.3. The fourth-order valence-electron chi connectivity index (χ4n) is 2.54. The van der Waals surface area contributed by atoms with E-state index in [1.807, 2.05) is 12.1 Å². The van der Waals surface area contributed by atoms with Crippen LogP contribution in [-0.4, -0.2) is 29.7 Å². The molecule has 17 heavy (non-hydrogen) atoms. The second kappa shape index (κ2) is 5.15. The summed E-state index contributed by atoms with van der Waals surface area (Å²) in [5.41, 5.74) is 1.16. The summed E-state index contributed by atoms with van der Waals surface area (Å²) in [6.45, 7) is 5.19. The van der Waals surface area contributed by atoms with Crippen molar-refractivity contribution in [2.24, 2.45) is 5.41 Å². The van der Waals surface area contributed by atoms with Crippen molar-refractivity contribution in [3.05, 3.63) is 35.6 Å². The smallest absolute Gasteiger partial charge is 0.123 e. The Balaban J connectivity index is 1.97. The van der Waals surface area contributed by atoms with Crippen LogP contribution >= 0.6 is 0 Å². The number of rotatable bonds is 3. The van der Waals surface area contributed by atoms with E-state index in [0.717, 1.165) is 38.0 Å². The molecule has 0 saturated carbocycles. The van der Waals surface area contributed by atoms with Crippen LogP contribution in [0.25, 0.3) is 0 Å². The van der Waals surface area contributed by atoms with Gasteiger partial charge in [-0.2, -0.15) is 0 Å². The third-order valence-electron chi connectivity index (χ3n) is 3.56.